The molecule has 0 bridgehead atoms. The lowest BCUT2D eigenvalue weighted by Gasteiger charge is -2.25. The first-order valence-electron chi connectivity index (χ1n) is 10.4. The maximum atomic E-state index is 13.0. The Morgan fingerprint density at radius 2 is 1.81 bits per heavy atom. The molecule has 9 heteroatoms. The van der Waals surface area contributed by atoms with Crippen molar-refractivity contribution in [3.8, 4) is 0 Å². The van der Waals surface area contributed by atoms with Crippen LogP contribution in [0, 0.1) is 6.92 Å². The highest BCUT2D eigenvalue weighted by Gasteiger charge is 2.22. The molecule has 1 fully saturated rings. The van der Waals surface area contributed by atoms with Crippen LogP contribution in [0.5, 0.6) is 0 Å². The maximum Gasteiger partial charge on any atom is 0.273 e. The van der Waals surface area contributed by atoms with Crippen molar-refractivity contribution in [1.29, 1.82) is 0 Å². The first kappa shape index (κ1) is 20.8. The average Bonchev–Trinajstić information content (AvgIpc) is 3.22. The highest BCUT2D eigenvalue weighted by atomic mass is 16.5. The fraction of sp³-hybridized carbons (Fsp3) is 0.364. The number of pyridine rings is 1. The van der Waals surface area contributed by atoms with Gasteiger partial charge in [-0.25, -0.2) is 9.67 Å². The van der Waals surface area contributed by atoms with Crippen LogP contribution in [0.1, 0.15) is 46.0 Å². The van der Waals surface area contributed by atoms with E-state index in [-0.39, 0.29) is 11.9 Å². The van der Waals surface area contributed by atoms with Crippen LogP contribution in [-0.4, -0.2) is 45.8 Å². The van der Waals surface area contributed by atoms with Crippen molar-refractivity contribution >= 4 is 28.5 Å². The highest BCUT2D eigenvalue weighted by molar-refractivity contribution is 6.07. The molecule has 0 spiro atoms. The van der Waals surface area contributed by atoms with Gasteiger partial charge in [-0.05, 0) is 38.8 Å². The third-order valence-electron chi connectivity index (χ3n) is 5.38. The molecule has 3 N–H and O–H groups in total. The molecule has 1 saturated heterocycles. The zero-order valence-electron chi connectivity index (χ0n) is 17.6. The van der Waals surface area contributed by atoms with E-state index in [0.29, 0.717) is 42.2 Å². The molecule has 9 nitrogen and oxygen atoms in total. The van der Waals surface area contributed by atoms with Gasteiger partial charge in [0.1, 0.15) is 0 Å². The van der Waals surface area contributed by atoms with Crippen LogP contribution in [0.4, 0.5) is 5.69 Å². The number of ether oxygens (including phenoxy) is 1. The Morgan fingerprint density at radius 3 is 2.52 bits per heavy atom. The lowest BCUT2D eigenvalue weighted by atomic mass is 10.1. The second-order valence-corrected chi connectivity index (χ2v) is 7.55. The van der Waals surface area contributed by atoms with E-state index in [1.54, 1.807) is 23.0 Å². The predicted octanol–water partition coefficient (Wildman–Crippen LogP) is 2.43. The van der Waals surface area contributed by atoms with Gasteiger partial charge in [0.25, 0.3) is 11.8 Å². The number of carbonyl (C=O) groups is 2. The van der Waals surface area contributed by atoms with Crippen LogP contribution in [-0.2, 0) is 11.3 Å². The quantitative estimate of drug-likeness (QED) is 0.545. The van der Waals surface area contributed by atoms with Crippen molar-refractivity contribution in [2.24, 2.45) is 0 Å². The predicted molar refractivity (Wildman–Crippen MR) is 117 cm³/mol. The fourth-order valence-corrected chi connectivity index (χ4v) is 3.59. The number of anilines is 1. The molecule has 3 aromatic rings. The van der Waals surface area contributed by atoms with E-state index in [4.69, 9.17) is 4.74 Å². The summed E-state index contributed by atoms with van der Waals surface area (Å²) in [5, 5.41) is 8.64. The molecule has 1 aliphatic rings. The molecule has 0 aliphatic carbocycles. The number of hydrazine groups is 1. The van der Waals surface area contributed by atoms with Gasteiger partial charge in [0.2, 0.25) is 0 Å². The largest absolute Gasteiger partial charge is 0.381 e. The topological polar surface area (TPSA) is 110 Å². The lowest BCUT2D eigenvalue weighted by molar-refractivity contribution is 0.0846. The monoisotopic (exact) mass is 422 g/mol. The first-order chi connectivity index (χ1) is 15.1. The average molecular weight is 422 g/mol. The summed E-state index contributed by atoms with van der Waals surface area (Å²) < 4.78 is 7.23. The van der Waals surface area contributed by atoms with Gasteiger partial charge in [-0.2, -0.15) is 5.10 Å². The molecule has 4 rings (SSSR count). The number of amides is 2. The molecule has 3 heterocycles. The van der Waals surface area contributed by atoms with Crippen molar-refractivity contribution in [3.63, 3.8) is 0 Å². The molecule has 1 aliphatic heterocycles. The molecule has 0 atom stereocenters. The number of hydrogen-bond donors (Lipinski definition) is 3. The number of nitrogens with zero attached hydrogens (tertiary/aromatic N) is 3. The molecule has 1 aromatic carbocycles. The van der Waals surface area contributed by atoms with Crippen LogP contribution in [0.15, 0.2) is 36.7 Å². The van der Waals surface area contributed by atoms with Crippen LogP contribution in [0.2, 0.25) is 0 Å². The van der Waals surface area contributed by atoms with Crippen LogP contribution >= 0.6 is 0 Å². The van der Waals surface area contributed by atoms with Gasteiger partial charge in [0, 0.05) is 37.6 Å². The van der Waals surface area contributed by atoms with Crippen LogP contribution < -0.4 is 16.2 Å². The van der Waals surface area contributed by atoms with E-state index in [1.165, 1.54) is 6.20 Å². The Bertz CT molecular complexity index is 1090. The van der Waals surface area contributed by atoms with Crippen molar-refractivity contribution in [1.82, 2.24) is 25.6 Å². The normalized spacial score (nSPS) is 14.4. The number of benzene rings is 1. The third-order valence-corrected chi connectivity index (χ3v) is 5.38. The van der Waals surface area contributed by atoms with Gasteiger partial charge in [0.15, 0.2) is 5.65 Å². The van der Waals surface area contributed by atoms with Gasteiger partial charge in [-0.3, -0.25) is 20.4 Å². The first-order valence-corrected chi connectivity index (χ1v) is 10.4. The zero-order valence-corrected chi connectivity index (χ0v) is 17.6. The molecule has 2 amide bonds. The number of nitrogens with one attached hydrogen (secondary N) is 3. The smallest absolute Gasteiger partial charge is 0.273 e. The standard InChI is InChI=1S/C22H26N6O3/c1-3-28-20-17(13-24-28)19(25-16-8-10-31-11-9-16)18(12-23-20)22(30)27-26-21(29)15-6-4-14(2)5-7-15/h4-7,12-13,16H,3,8-11H2,1-2H3,(H,23,25)(H,26,29)(H,27,30). The van der Waals surface area contributed by atoms with E-state index >= 15 is 0 Å². The Kier molecular flexibility index (Phi) is 6.13. The Labute approximate surface area is 180 Å². The van der Waals surface area contributed by atoms with Crippen LogP contribution in [0.25, 0.3) is 11.0 Å². The third kappa shape index (κ3) is 4.51. The number of fused-ring (bicyclic) bond motifs is 1. The Hall–Kier alpha value is -3.46. The summed E-state index contributed by atoms with van der Waals surface area (Å²) in [4.78, 5) is 29.8. The molecule has 31 heavy (non-hydrogen) atoms. The maximum absolute atomic E-state index is 13.0. The SMILES string of the molecule is CCn1ncc2c(NC3CCOCC3)c(C(=O)NNC(=O)c3ccc(C)cc3)cnc21. The van der Waals surface area contributed by atoms with Crippen molar-refractivity contribution in [3.05, 3.63) is 53.3 Å². The summed E-state index contributed by atoms with van der Waals surface area (Å²) in [6.07, 6.45) is 4.92. The number of hydrogen-bond acceptors (Lipinski definition) is 6. The zero-order chi connectivity index (χ0) is 21.8. The summed E-state index contributed by atoms with van der Waals surface area (Å²) in [6.45, 7) is 5.95. The highest BCUT2D eigenvalue weighted by Crippen LogP contribution is 2.28. The van der Waals surface area contributed by atoms with Crippen molar-refractivity contribution in [2.45, 2.75) is 39.3 Å². The van der Waals surface area contributed by atoms with Gasteiger partial charge in [-0.1, -0.05) is 17.7 Å². The molecule has 162 valence electrons. The van der Waals surface area contributed by atoms with Gasteiger partial charge < -0.3 is 10.1 Å². The number of carbonyl (C=O) groups excluding carboxylic acids is 2. The molecular formula is C22H26N6O3. The molecular weight excluding hydrogens is 396 g/mol. The minimum atomic E-state index is -0.450. The minimum Gasteiger partial charge on any atom is -0.381 e. The Balaban J connectivity index is 1.57. The summed E-state index contributed by atoms with van der Waals surface area (Å²) in [7, 11) is 0. The Morgan fingerprint density at radius 1 is 1.10 bits per heavy atom. The van der Waals surface area contributed by atoms with E-state index in [9.17, 15) is 9.59 Å². The summed E-state index contributed by atoms with van der Waals surface area (Å²) in [5.74, 6) is -0.839. The van der Waals surface area contributed by atoms with E-state index in [1.807, 2.05) is 26.0 Å². The number of aryl methyl sites for hydroxylation is 2. The molecule has 0 radical (unpaired) electrons. The number of rotatable bonds is 5. The van der Waals surface area contributed by atoms with Crippen molar-refractivity contribution in [2.75, 3.05) is 18.5 Å². The van der Waals surface area contributed by atoms with E-state index < -0.39 is 5.91 Å². The summed E-state index contributed by atoms with van der Waals surface area (Å²) in [5.41, 5.74) is 8.21. The van der Waals surface area contributed by atoms with Crippen molar-refractivity contribution < 1.29 is 14.3 Å². The lowest BCUT2D eigenvalue weighted by Crippen LogP contribution is -2.42. The second kappa shape index (κ2) is 9.13. The molecule has 0 saturated carbocycles. The summed E-state index contributed by atoms with van der Waals surface area (Å²) in [6, 6.07) is 7.29. The van der Waals surface area contributed by atoms with Gasteiger partial charge in [0.05, 0.1) is 22.8 Å². The van der Waals surface area contributed by atoms with E-state index in [0.717, 1.165) is 23.8 Å². The fourth-order valence-electron chi connectivity index (χ4n) is 3.59. The van der Waals surface area contributed by atoms with Gasteiger partial charge in [-0.15, -0.1) is 0 Å². The van der Waals surface area contributed by atoms with Crippen LogP contribution in [0.3, 0.4) is 0 Å². The summed E-state index contributed by atoms with van der Waals surface area (Å²) >= 11 is 0. The molecule has 0 unspecified atom stereocenters. The van der Waals surface area contributed by atoms with E-state index in [2.05, 4.69) is 26.3 Å². The minimum absolute atomic E-state index is 0.179. The molecule has 2 aromatic heterocycles. The second-order valence-electron chi connectivity index (χ2n) is 7.55. The number of aromatic nitrogens is 3. The van der Waals surface area contributed by atoms with Gasteiger partial charge >= 0.3 is 0 Å².